The summed E-state index contributed by atoms with van der Waals surface area (Å²) in [7, 11) is 1.63. The highest BCUT2D eigenvalue weighted by atomic mass is 79.9. The van der Waals surface area contributed by atoms with E-state index < -0.39 is 5.82 Å². The lowest BCUT2D eigenvalue weighted by atomic mass is 10.2. The van der Waals surface area contributed by atoms with Crippen LogP contribution in [0.2, 0.25) is 0 Å². The summed E-state index contributed by atoms with van der Waals surface area (Å²) in [5, 5.41) is 0. The zero-order valence-corrected chi connectivity index (χ0v) is 10.5. The number of carbonyl (C=O) groups excluding carboxylic acids is 1. The van der Waals surface area contributed by atoms with E-state index in [-0.39, 0.29) is 5.91 Å². The van der Waals surface area contributed by atoms with Gasteiger partial charge < -0.3 is 4.90 Å². The van der Waals surface area contributed by atoms with E-state index in [9.17, 15) is 9.18 Å². The second-order valence-corrected chi connectivity index (χ2v) is 4.37. The number of benzene rings is 1. The molecule has 1 rings (SSSR count). The number of nitrogens with zero attached hydrogens (tertiary/aromatic N) is 1. The molecule has 0 atom stereocenters. The van der Waals surface area contributed by atoms with E-state index in [0.29, 0.717) is 22.5 Å². The summed E-state index contributed by atoms with van der Waals surface area (Å²) in [6.45, 7) is 0.439. The molecule has 1 amide bonds. The first-order valence-corrected chi connectivity index (χ1v) is 5.65. The van der Waals surface area contributed by atoms with Gasteiger partial charge in [-0.2, -0.15) is 0 Å². The van der Waals surface area contributed by atoms with Crippen LogP contribution in [0.3, 0.4) is 0 Å². The molecule has 0 saturated heterocycles. The molecule has 0 N–H and O–H groups in total. The average Bonchev–Trinajstić information content (AvgIpc) is 2.15. The zero-order valence-electron chi connectivity index (χ0n) is 8.14. The first-order valence-electron chi connectivity index (χ1n) is 4.32. The fraction of sp³-hybridized carbons (Fsp3) is 0.300. The third kappa shape index (κ3) is 3.47. The topological polar surface area (TPSA) is 20.3 Å². The van der Waals surface area contributed by atoms with Gasteiger partial charge in [0.1, 0.15) is 5.82 Å². The predicted molar refractivity (Wildman–Crippen MR) is 61.8 cm³/mol. The third-order valence-corrected chi connectivity index (χ3v) is 2.50. The van der Waals surface area contributed by atoms with Crippen LogP contribution in [0.4, 0.5) is 4.39 Å². The number of alkyl halides is 1. The number of hydrogen-bond acceptors (Lipinski definition) is 1. The van der Waals surface area contributed by atoms with Gasteiger partial charge in [0, 0.05) is 29.5 Å². The molecular formula is C10H10BrClFNO. The van der Waals surface area contributed by atoms with Crippen LogP contribution in [0.25, 0.3) is 0 Å². The van der Waals surface area contributed by atoms with Crippen LogP contribution in [-0.2, 0) is 0 Å². The van der Waals surface area contributed by atoms with Gasteiger partial charge in [0.2, 0.25) is 0 Å². The van der Waals surface area contributed by atoms with Crippen molar-refractivity contribution in [3.05, 3.63) is 34.1 Å². The van der Waals surface area contributed by atoms with Crippen molar-refractivity contribution in [2.24, 2.45) is 0 Å². The summed E-state index contributed by atoms with van der Waals surface area (Å²) in [5.74, 6) is -0.318. The highest BCUT2D eigenvalue weighted by Crippen LogP contribution is 2.16. The fourth-order valence-electron chi connectivity index (χ4n) is 1.13. The minimum Gasteiger partial charge on any atom is -0.341 e. The fourth-order valence-corrected chi connectivity index (χ4v) is 1.84. The van der Waals surface area contributed by atoms with Crippen molar-refractivity contribution in [3.63, 3.8) is 0 Å². The SMILES string of the molecule is CN(CCCl)C(=O)c1cc(F)cc(Br)c1. The molecule has 0 aliphatic heterocycles. The van der Waals surface area contributed by atoms with Gasteiger partial charge >= 0.3 is 0 Å². The molecule has 0 fully saturated rings. The molecule has 0 radical (unpaired) electrons. The Morgan fingerprint density at radius 1 is 1.53 bits per heavy atom. The van der Waals surface area contributed by atoms with Crippen molar-refractivity contribution in [1.29, 1.82) is 0 Å². The van der Waals surface area contributed by atoms with E-state index >= 15 is 0 Å². The van der Waals surface area contributed by atoms with E-state index in [0.717, 1.165) is 0 Å². The highest BCUT2D eigenvalue weighted by Gasteiger charge is 2.12. The summed E-state index contributed by atoms with van der Waals surface area (Å²) in [5.41, 5.74) is 0.314. The van der Waals surface area contributed by atoms with Gasteiger partial charge in [-0.3, -0.25) is 4.79 Å². The van der Waals surface area contributed by atoms with Gasteiger partial charge in [0.05, 0.1) is 0 Å². The molecule has 0 unspecified atom stereocenters. The van der Waals surface area contributed by atoms with Crippen LogP contribution in [0, 0.1) is 5.82 Å². The van der Waals surface area contributed by atoms with Crippen molar-refractivity contribution in [2.75, 3.05) is 19.5 Å². The number of rotatable bonds is 3. The second-order valence-electron chi connectivity index (χ2n) is 3.07. The van der Waals surface area contributed by atoms with E-state index in [1.165, 1.54) is 17.0 Å². The van der Waals surface area contributed by atoms with Crippen LogP contribution in [0.5, 0.6) is 0 Å². The van der Waals surface area contributed by atoms with Crippen LogP contribution >= 0.6 is 27.5 Å². The smallest absolute Gasteiger partial charge is 0.253 e. The number of hydrogen-bond donors (Lipinski definition) is 0. The van der Waals surface area contributed by atoms with Gasteiger partial charge in [-0.1, -0.05) is 15.9 Å². The average molecular weight is 295 g/mol. The van der Waals surface area contributed by atoms with Crippen LogP contribution in [0.1, 0.15) is 10.4 Å². The molecular weight excluding hydrogens is 284 g/mol. The van der Waals surface area contributed by atoms with Crippen LogP contribution in [0.15, 0.2) is 22.7 Å². The Labute approximate surface area is 101 Å². The van der Waals surface area contributed by atoms with Crippen molar-refractivity contribution < 1.29 is 9.18 Å². The minimum atomic E-state index is -0.438. The van der Waals surface area contributed by atoms with E-state index in [1.807, 2.05) is 0 Å². The maximum Gasteiger partial charge on any atom is 0.253 e. The Morgan fingerprint density at radius 3 is 2.73 bits per heavy atom. The van der Waals surface area contributed by atoms with E-state index in [1.54, 1.807) is 13.1 Å². The lowest BCUT2D eigenvalue weighted by Gasteiger charge is -2.15. The lowest BCUT2D eigenvalue weighted by Crippen LogP contribution is -2.28. The molecule has 1 aromatic carbocycles. The molecule has 0 aliphatic rings. The highest BCUT2D eigenvalue weighted by molar-refractivity contribution is 9.10. The molecule has 2 nitrogen and oxygen atoms in total. The number of carbonyl (C=O) groups is 1. The van der Waals surface area contributed by atoms with E-state index in [4.69, 9.17) is 11.6 Å². The zero-order chi connectivity index (χ0) is 11.4. The first kappa shape index (κ1) is 12.5. The lowest BCUT2D eigenvalue weighted by molar-refractivity contribution is 0.0802. The van der Waals surface area contributed by atoms with Crippen LogP contribution < -0.4 is 0 Å². The van der Waals surface area contributed by atoms with Gasteiger partial charge in [0.15, 0.2) is 0 Å². The van der Waals surface area contributed by atoms with E-state index in [2.05, 4.69) is 15.9 Å². The molecule has 15 heavy (non-hydrogen) atoms. The standard InChI is InChI=1S/C10H10BrClFNO/c1-14(3-2-12)10(15)7-4-8(11)6-9(13)5-7/h4-6H,2-3H2,1H3. The maximum absolute atomic E-state index is 13.0. The van der Waals surface area contributed by atoms with Crippen molar-refractivity contribution in [2.45, 2.75) is 0 Å². The summed E-state index contributed by atoms with van der Waals surface area (Å²) in [4.78, 5) is 13.2. The molecule has 0 bridgehead atoms. The maximum atomic E-state index is 13.0. The Bertz CT molecular complexity index is 352. The summed E-state index contributed by atoms with van der Waals surface area (Å²) < 4.78 is 13.6. The molecule has 0 spiro atoms. The minimum absolute atomic E-state index is 0.240. The molecule has 82 valence electrons. The third-order valence-electron chi connectivity index (χ3n) is 1.88. The van der Waals surface area contributed by atoms with Crippen molar-refractivity contribution in [1.82, 2.24) is 4.90 Å². The summed E-state index contributed by atoms with van der Waals surface area (Å²) >= 11 is 8.65. The quantitative estimate of drug-likeness (QED) is 0.785. The largest absolute Gasteiger partial charge is 0.341 e. The molecule has 0 heterocycles. The van der Waals surface area contributed by atoms with Gasteiger partial charge in [-0.05, 0) is 18.2 Å². The first-order chi connectivity index (χ1) is 7.04. The molecule has 1 aromatic rings. The molecule has 0 aliphatic carbocycles. The molecule has 5 heteroatoms. The second kappa shape index (κ2) is 5.47. The number of halogens is 3. The Balaban J connectivity index is 2.90. The Hall–Kier alpha value is -0.610. The Kier molecular flexibility index (Phi) is 4.54. The Morgan fingerprint density at radius 2 is 2.20 bits per heavy atom. The van der Waals surface area contributed by atoms with Crippen LogP contribution in [-0.4, -0.2) is 30.3 Å². The van der Waals surface area contributed by atoms with Gasteiger partial charge in [-0.15, -0.1) is 11.6 Å². The van der Waals surface area contributed by atoms with Gasteiger partial charge in [-0.25, -0.2) is 4.39 Å². The molecule has 0 aromatic heterocycles. The van der Waals surface area contributed by atoms with Crippen molar-refractivity contribution in [3.8, 4) is 0 Å². The summed E-state index contributed by atoms with van der Waals surface area (Å²) in [6, 6.07) is 4.09. The summed E-state index contributed by atoms with van der Waals surface area (Å²) in [6.07, 6.45) is 0. The van der Waals surface area contributed by atoms with Crippen molar-refractivity contribution >= 4 is 33.4 Å². The van der Waals surface area contributed by atoms with Gasteiger partial charge in [0.25, 0.3) is 5.91 Å². The normalized spacial score (nSPS) is 10.1. The predicted octanol–water partition coefficient (Wildman–Crippen LogP) is 2.90. The monoisotopic (exact) mass is 293 g/mol. The number of amides is 1. The molecule has 0 saturated carbocycles.